The van der Waals surface area contributed by atoms with Gasteiger partial charge in [-0.05, 0) is 37.1 Å². The minimum atomic E-state index is 0. The third-order valence-electron chi connectivity index (χ3n) is 4.74. The van der Waals surface area contributed by atoms with E-state index in [1.54, 1.807) is 0 Å². The molecule has 0 saturated heterocycles. The van der Waals surface area contributed by atoms with Gasteiger partial charge in [0.25, 0.3) is 0 Å². The van der Waals surface area contributed by atoms with Crippen molar-refractivity contribution in [2.75, 3.05) is 34.8 Å². The van der Waals surface area contributed by atoms with Crippen LogP contribution in [0.2, 0.25) is 0 Å². The van der Waals surface area contributed by atoms with Gasteiger partial charge in [-0.2, -0.15) is 0 Å². The lowest BCUT2D eigenvalue weighted by Gasteiger charge is -2.33. The van der Waals surface area contributed by atoms with Gasteiger partial charge in [-0.1, -0.05) is 30.3 Å². The monoisotopic (exact) mass is 343 g/mol. The van der Waals surface area contributed by atoms with Crippen molar-refractivity contribution < 1.29 is 4.79 Å². The number of halogens is 1. The second-order valence-electron chi connectivity index (χ2n) is 6.31. The molecule has 126 valence electrons. The van der Waals surface area contributed by atoms with Crippen LogP contribution in [0.25, 0.3) is 0 Å². The average molecular weight is 344 g/mol. The molecule has 5 heteroatoms. The Kier molecular flexibility index (Phi) is 4.67. The molecule has 4 rings (SSSR count). The largest absolute Gasteiger partial charge is 0.382 e. The van der Waals surface area contributed by atoms with Crippen molar-refractivity contribution in [3.05, 3.63) is 54.1 Å². The van der Waals surface area contributed by atoms with Crippen molar-refractivity contribution in [2.24, 2.45) is 0 Å². The number of para-hydroxylation sites is 3. The molecule has 2 aromatic carbocycles. The van der Waals surface area contributed by atoms with E-state index in [1.807, 2.05) is 29.2 Å². The smallest absolute Gasteiger partial charge is 0.246 e. The summed E-state index contributed by atoms with van der Waals surface area (Å²) in [6.45, 7) is 4.28. The standard InChI is InChI=1S/C19H21N3O.ClH/c1-14-12-15-6-2-4-8-17(15)22(14)19(23)13-21-11-10-20-16-7-3-5-9-18(16)21;/h2-9,14,20H,10-13H2,1H3;1H. The Bertz CT molecular complexity index is 749. The Morgan fingerprint density at radius 2 is 1.83 bits per heavy atom. The van der Waals surface area contributed by atoms with Crippen LogP contribution in [0.5, 0.6) is 0 Å². The van der Waals surface area contributed by atoms with Gasteiger partial charge in [0.15, 0.2) is 0 Å². The summed E-state index contributed by atoms with van der Waals surface area (Å²) in [5.74, 6) is 0.180. The van der Waals surface area contributed by atoms with Crippen LogP contribution in [0, 0.1) is 0 Å². The zero-order chi connectivity index (χ0) is 15.8. The summed E-state index contributed by atoms with van der Waals surface area (Å²) in [4.78, 5) is 17.1. The molecule has 2 aromatic rings. The first-order chi connectivity index (χ1) is 11.2. The van der Waals surface area contributed by atoms with Gasteiger partial charge in [0.2, 0.25) is 5.91 Å². The van der Waals surface area contributed by atoms with E-state index in [1.165, 1.54) is 5.56 Å². The van der Waals surface area contributed by atoms with E-state index >= 15 is 0 Å². The van der Waals surface area contributed by atoms with E-state index in [-0.39, 0.29) is 24.4 Å². The molecule has 2 aliphatic rings. The van der Waals surface area contributed by atoms with E-state index in [0.717, 1.165) is 36.6 Å². The van der Waals surface area contributed by atoms with E-state index in [4.69, 9.17) is 0 Å². The molecular weight excluding hydrogens is 322 g/mol. The highest BCUT2D eigenvalue weighted by atomic mass is 35.5. The van der Waals surface area contributed by atoms with Gasteiger partial charge in [0.1, 0.15) is 0 Å². The van der Waals surface area contributed by atoms with E-state index in [0.29, 0.717) is 6.54 Å². The van der Waals surface area contributed by atoms with Gasteiger partial charge in [0.05, 0.1) is 17.9 Å². The molecule has 24 heavy (non-hydrogen) atoms. The fourth-order valence-corrected chi connectivity index (χ4v) is 3.69. The molecule has 0 spiro atoms. The zero-order valence-electron chi connectivity index (χ0n) is 13.7. The first kappa shape index (κ1) is 16.7. The molecule has 0 fully saturated rings. The molecule has 1 N–H and O–H groups in total. The van der Waals surface area contributed by atoms with Crippen molar-refractivity contribution in [3.63, 3.8) is 0 Å². The van der Waals surface area contributed by atoms with Crippen LogP contribution in [-0.4, -0.2) is 31.6 Å². The molecule has 0 aliphatic carbocycles. The van der Waals surface area contributed by atoms with Gasteiger partial charge in [-0.25, -0.2) is 0 Å². The van der Waals surface area contributed by atoms with Crippen LogP contribution in [0.4, 0.5) is 17.1 Å². The van der Waals surface area contributed by atoms with Crippen molar-refractivity contribution in [1.82, 2.24) is 0 Å². The number of nitrogens with zero attached hydrogens (tertiary/aromatic N) is 2. The topological polar surface area (TPSA) is 35.6 Å². The molecule has 0 bridgehead atoms. The second kappa shape index (κ2) is 6.73. The third kappa shape index (κ3) is 2.82. The normalized spacial score (nSPS) is 18.3. The maximum Gasteiger partial charge on any atom is 0.246 e. The summed E-state index contributed by atoms with van der Waals surface area (Å²) in [5, 5.41) is 3.39. The summed E-state index contributed by atoms with van der Waals surface area (Å²) < 4.78 is 0. The lowest BCUT2D eigenvalue weighted by molar-refractivity contribution is -0.117. The molecule has 0 saturated carbocycles. The van der Waals surface area contributed by atoms with Gasteiger partial charge in [0, 0.05) is 24.8 Å². The lowest BCUT2D eigenvalue weighted by Crippen LogP contribution is -2.45. The number of amides is 1. The van der Waals surface area contributed by atoms with Crippen LogP contribution >= 0.6 is 12.4 Å². The van der Waals surface area contributed by atoms with E-state index < -0.39 is 0 Å². The first-order valence-corrected chi connectivity index (χ1v) is 8.22. The minimum Gasteiger partial charge on any atom is -0.382 e. The summed E-state index contributed by atoms with van der Waals surface area (Å²) in [7, 11) is 0. The Morgan fingerprint density at radius 3 is 2.67 bits per heavy atom. The second-order valence-corrected chi connectivity index (χ2v) is 6.31. The van der Waals surface area contributed by atoms with Crippen LogP contribution in [-0.2, 0) is 11.2 Å². The maximum atomic E-state index is 13.0. The highest BCUT2D eigenvalue weighted by molar-refractivity contribution is 5.99. The molecule has 1 unspecified atom stereocenters. The SMILES string of the molecule is CC1Cc2ccccc2N1C(=O)CN1CCNc2ccccc21.Cl. The number of rotatable bonds is 2. The van der Waals surface area contributed by atoms with Gasteiger partial charge in [-0.3, -0.25) is 4.79 Å². The van der Waals surface area contributed by atoms with Gasteiger partial charge < -0.3 is 15.1 Å². The molecular formula is C19H22ClN3O. The summed E-state index contributed by atoms with van der Waals surface area (Å²) in [5.41, 5.74) is 4.58. The van der Waals surface area contributed by atoms with E-state index in [2.05, 4.69) is 41.4 Å². The van der Waals surface area contributed by atoms with Crippen LogP contribution < -0.4 is 15.1 Å². The molecule has 2 heterocycles. The number of hydrogen-bond donors (Lipinski definition) is 1. The number of hydrogen-bond acceptors (Lipinski definition) is 3. The van der Waals surface area contributed by atoms with Crippen molar-refractivity contribution >= 4 is 35.4 Å². The summed E-state index contributed by atoms with van der Waals surface area (Å²) >= 11 is 0. The predicted octanol–water partition coefficient (Wildman–Crippen LogP) is 3.32. The molecule has 2 aliphatic heterocycles. The Balaban J connectivity index is 0.00000169. The lowest BCUT2D eigenvalue weighted by atomic mass is 10.1. The number of nitrogens with one attached hydrogen (secondary N) is 1. The number of fused-ring (bicyclic) bond motifs is 2. The van der Waals surface area contributed by atoms with Crippen molar-refractivity contribution in [2.45, 2.75) is 19.4 Å². The average Bonchev–Trinajstić information content (AvgIpc) is 2.91. The summed E-state index contributed by atoms with van der Waals surface area (Å²) in [6.07, 6.45) is 0.944. The Labute approximate surface area is 148 Å². The highest BCUT2D eigenvalue weighted by Crippen LogP contribution is 2.33. The van der Waals surface area contributed by atoms with Crippen LogP contribution in [0.15, 0.2) is 48.5 Å². The number of anilines is 3. The molecule has 4 nitrogen and oxygen atoms in total. The summed E-state index contributed by atoms with van der Waals surface area (Å²) in [6, 6.07) is 16.7. The first-order valence-electron chi connectivity index (χ1n) is 8.22. The van der Waals surface area contributed by atoms with Gasteiger partial charge >= 0.3 is 0 Å². The van der Waals surface area contributed by atoms with Crippen molar-refractivity contribution in [1.29, 1.82) is 0 Å². The van der Waals surface area contributed by atoms with E-state index in [9.17, 15) is 4.79 Å². The van der Waals surface area contributed by atoms with Crippen LogP contribution in [0.3, 0.4) is 0 Å². The van der Waals surface area contributed by atoms with Crippen LogP contribution in [0.1, 0.15) is 12.5 Å². The Hall–Kier alpha value is -2.20. The third-order valence-corrected chi connectivity index (χ3v) is 4.74. The number of benzene rings is 2. The quantitative estimate of drug-likeness (QED) is 0.908. The zero-order valence-corrected chi connectivity index (χ0v) is 14.6. The number of carbonyl (C=O) groups excluding carboxylic acids is 1. The maximum absolute atomic E-state index is 13.0. The molecule has 0 aromatic heterocycles. The number of carbonyl (C=O) groups is 1. The fraction of sp³-hybridized carbons (Fsp3) is 0.316. The molecule has 0 radical (unpaired) electrons. The highest BCUT2D eigenvalue weighted by Gasteiger charge is 2.31. The fourth-order valence-electron chi connectivity index (χ4n) is 3.69. The molecule has 1 atom stereocenters. The minimum absolute atomic E-state index is 0. The van der Waals surface area contributed by atoms with Crippen molar-refractivity contribution in [3.8, 4) is 0 Å². The Morgan fingerprint density at radius 1 is 1.12 bits per heavy atom. The molecule has 1 amide bonds. The van der Waals surface area contributed by atoms with Gasteiger partial charge in [-0.15, -0.1) is 12.4 Å². The predicted molar refractivity (Wildman–Crippen MR) is 101 cm³/mol.